The molecule has 1 aromatic rings. The van der Waals surface area contributed by atoms with E-state index in [0.29, 0.717) is 30.5 Å². The van der Waals surface area contributed by atoms with Crippen molar-refractivity contribution in [2.75, 3.05) is 29.5 Å². The first-order chi connectivity index (χ1) is 8.53. The van der Waals surface area contributed by atoms with Crippen molar-refractivity contribution < 1.29 is 12.8 Å². The summed E-state index contributed by atoms with van der Waals surface area (Å²) >= 11 is 3.34. The zero-order valence-corrected chi connectivity index (χ0v) is 12.3. The SMILES string of the molecule is O=S1(=O)CCCN(c2c(F)cccc2CBr)CC1. The van der Waals surface area contributed by atoms with Crippen LogP contribution in [0.5, 0.6) is 0 Å². The summed E-state index contributed by atoms with van der Waals surface area (Å²) in [5, 5.41) is 0.559. The average Bonchev–Trinajstić information content (AvgIpc) is 2.50. The van der Waals surface area contributed by atoms with Crippen molar-refractivity contribution in [3.8, 4) is 0 Å². The lowest BCUT2D eigenvalue weighted by molar-refractivity contribution is 0.596. The smallest absolute Gasteiger partial charge is 0.152 e. The maximum absolute atomic E-state index is 13.9. The summed E-state index contributed by atoms with van der Waals surface area (Å²) in [6.07, 6.45) is 0.554. The Labute approximate surface area is 115 Å². The second-order valence-electron chi connectivity index (χ2n) is 4.37. The number of para-hydroxylation sites is 1. The second kappa shape index (κ2) is 5.57. The molecule has 1 aromatic carbocycles. The first kappa shape index (κ1) is 13.8. The maximum Gasteiger partial charge on any atom is 0.152 e. The zero-order valence-electron chi connectivity index (χ0n) is 9.90. The fourth-order valence-electron chi connectivity index (χ4n) is 2.18. The van der Waals surface area contributed by atoms with Gasteiger partial charge in [-0.1, -0.05) is 28.1 Å². The molecule has 1 aliphatic heterocycles. The van der Waals surface area contributed by atoms with Crippen LogP contribution < -0.4 is 4.90 Å². The molecule has 0 saturated carbocycles. The summed E-state index contributed by atoms with van der Waals surface area (Å²) in [6.45, 7) is 0.948. The molecule has 18 heavy (non-hydrogen) atoms. The van der Waals surface area contributed by atoms with Gasteiger partial charge in [0, 0.05) is 18.4 Å². The molecule has 100 valence electrons. The van der Waals surface area contributed by atoms with Crippen LogP contribution in [0.1, 0.15) is 12.0 Å². The summed E-state index contributed by atoms with van der Waals surface area (Å²) < 4.78 is 37.0. The van der Waals surface area contributed by atoms with Crippen molar-refractivity contribution in [1.29, 1.82) is 0 Å². The molecule has 1 fully saturated rings. The van der Waals surface area contributed by atoms with E-state index in [1.165, 1.54) is 6.07 Å². The molecule has 0 unspecified atom stereocenters. The second-order valence-corrected chi connectivity index (χ2v) is 7.24. The lowest BCUT2D eigenvalue weighted by Crippen LogP contribution is -2.28. The Morgan fingerprint density at radius 3 is 2.78 bits per heavy atom. The van der Waals surface area contributed by atoms with E-state index in [1.807, 2.05) is 11.0 Å². The van der Waals surface area contributed by atoms with E-state index in [4.69, 9.17) is 0 Å². The molecule has 2 rings (SSSR count). The Bertz CT molecular complexity index is 533. The maximum atomic E-state index is 13.9. The monoisotopic (exact) mass is 335 g/mol. The predicted molar refractivity (Wildman–Crippen MR) is 74.5 cm³/mol. The Morgan fingerprint density at radius 1 is 1.28 bits per heavy atom. The van der Waals surface area contributed by atoms with Crippen LogP contribution in [0.15, 0.2) is 18.2 Å². The minimum atomic E-state index is -2.97. The van der Waals surface area contributed by atoms with Gasteiger partial charge < -0.3 is 4.90 Å². The van der Waals surface area contributed by atoms with E-state index in [0.717, 1.165) is 5.56 Å². The van der Waals surface area contributed by atoms with Gasteiger partial charge in [-0.05, 0) is 18.1 Å². The Morgan fingerprint density at radius 2 is 2.06 bits per heavy atom. The summed E-state index contributed by atoms with van der Waals surface area (Å²) in [6, 6.07) is 4.94. The van der Waals surface area contributed by atoms with Crippen LogP contribution >= 0.6 is 15.9 Å². The van der Waals surface area contributed by atoms with Gasteiger partial charge in [0.05, 0.1) is 17.2 Å². The molecule has 3 nitrogen and oxygen atoms in total. The lowest BCUT2D eigenvalue weighted by Gasteiger charge is -2.25. The van der Waals surface area contributed by atoms with Gasteiger partial charge >= 0.3 is 0 Å². The number of hydrogen-bond acceptors (Lipinski definition) is 3. The van der Waals surface area contributed by atoms with Gasteiger partial charge in [-0.15, -0.1) is 0 Å². The highest BCUT2D eigenvalue weighted by Crippen LogP contribution is 2.27. The number of benzene rings is 1. The highest BCUT2D eigenvalue weighted by Gasteiger charge is 2.22. The van der Waals surface area contributed by atoms with E-state index in [2.05, 4.69) is 15.9 Å². The summed E-state index contributed by atoms with van der Waals surface area (Å²) in [7, 11) is -2.97. The summed E-state index contributed by atoms with van der Waals surface area (Å²) in [5.41, 5.74) is 1.39. The highest BCUT2D eigenvalue weighted by atomic mass is 79.9. The summed E-state index contributed by atoms with van der Waals surface area (Å²) in [5.74, 6) is 0.0104. The molecule has 0 bridgehead atoms. The average molecular weight is 336 g/mol. The lowest BCUT2D eigenvalue weighted by atomic mass is 10.1. The minimum absolute atomic E-state index is 0.100. The zero-order chi connectivity index (χ0) is 13.2. The minimum Gasteiger partial charge on any atom is -0.368 e. The Kier molecular flexibility index (Phi) is 4.27. The third-order valence-corrected chi connectivity index (χ3v) is 5.41. The van der Waals surface area contributed by atoms with Crippen LogP contribution in [-0.2, 0) is 15.2 Å². The molecule has 0 aliphatic carbocycles. The van der Waals surface area contributed by atoms with Gasteiger partial charge in [-0.3, -0.25) is 0 Å². The first-order valence-electron chi connectivity index (χ1n) is 5.82. The molecule has 1 heterocycles. The fraction of sp³-hybridized carbons (Fsp3) is 0.500. The van der Waals surface area contributed by atoms with Crippen molar-refractivity contribution in [2.45, 2.75) is 11.8 Å². The van der Waals surface area contributed by atoms with Gasteiger partial charge in [0.2, 0.25) is 0 Å². The molecule has 0 amide bonds. The summed E-state index contributed by atoms with van der Waals surface area (Å²) in [4.78, 5) is 1.84. The van der Waals surface area contributed by atoms with Gasteiger partial charge in [-0.25, -0.2) is 12.8 Å². The standard InChI is InChI=1S/C12H15BrFNO2S/c13-9-10-3-1-4-11(14)12(10)15-5-2-7-18(16,17)8-6-15/h1,3-4H,2,5-9H2. The first-order valence-corrected chi connectivity index (χ1v) is 8.76. The third-order valence-electron chi connectivity index (χ3n) is 3.09. The quantitative estimate of drug-likeness (QED) is 0.778. The number of alkyl halides is 1. The van der Waals surface area contributed by atoms with Gasteiger partial charge in [0.1, 0.15) is 5.82 Å². The molecule has 1 saturated heterocycles. The number of sulfone groups is 1. The molecular formula is C12H15BrFNO2S. The Hall–Kier alpha value is -0.620. The van der Waals surface area contributed by atoms with E-state index in [9.17, 15) is 12.8 Å². The molecule has 0 N–H and O–H groups in total. The number of rotatable bonds is 2. The molecule has 1 aliphatic rings. The van der Waals surface area contributed by atoms with Gasteiger partial charge in [0.15, 0.2) is 9.84 Å². The number of hydrogen-bond donors (Lipinski definition) is 0. The van der Waals surface area contributed by atoms with Crippen LogP contribution in [0, 0.1) is 5.82 Å². The van der Waals surface area contributed by atoms with E-state index in [-0.39, 0.29) is 17.3 Å². The van der Waals surface area contributed by atoms with E-state index >= 15 is 0 Å². The van der Waals surface area contributed by atoms with Crippen LogP contribution in [-0.4, -0.2) is 33.0 Å². The van der Waals surface area contributed by atoms with Gasteiger partial charge in [0.25, 0.3) is 0 Å². The number of anilines is 1. The van der Waals surface area contributed by atoms with Crippen molar-refractivity contribution in [3.05, 3.63) is 29.6 Å². The highest BCUT2D eigenvalue weighted by molar-refractivity contribution is 9.08. The van der Waals surface area contributed by atoms with Crippen molar-refractivity contribution in [2.24, 2.45) is 0 Å². The molecular weight excluding hydrogens is 321 g/mol. The van der Waals surface area contributed by atoms with Gasteiger partial charge in [-0.2, -0.15) is 0 Å². The normalized spacial score (nSPS) is 19.6. The molecule has 6 heteroatoms. The topological polar surface area (TPSA) is 37.4 Å². The fourth-order valence-corrected chi connectivity index (χ4v) is 3.91. The molecule has 0 radical (unpaired) electrons. The van der Waals surface area contributed by atoms with Crippen molar-refractivity contribution in [1.82, 2.24) is 0 Å². The van der Waals surface area contributed by atoms with Crippen molar-refractivity contribution >= 4 is 31.5 Å². The Balaban J connectivity index is 2.31. The van der Waals surface area contributed by atoms with Crippen LogP contribution in [0.2, 0.25) is 0 Å². The number of halogens is 2. The molecule has 0 atom stereocenters. The van der Waals surface area contributed by atoms with Crippen molar-refractivity contribution in [3.63, 3.8) is 0 Å². The third kappa shape index (κ3) is 3.03. The predicted octanol–water partition coefficient (Wildman–Crippen LogP) is 2.35. The van der Waals surface area contributed by atoms with Crippen LogP contribution in [0.4, 0.5) is 10.1 Å². The molecule has 0 aromatic heterocycles. The van der Waals surface area contributed by atoms with E-state index in [1.54, 1.807) is 6.07 Å². The van der Waals surface area contributed by atoms with Crippen LogP contribution in [0.25, 0.3) is 0 Å². The largest absolute Gasteiger partial charge is 0.368 e. The molecule has 0 spiro atoms. The van der Waals surface area contributed by atoms with Crippen LogP contribution in [0.3, 0.4) is 0 Å². The van der Waals surface area contributed by atoms with E-state index < -0.39 is 9.84 Å². The number of nitrogens with zero attached hydrogens (tertiary/aromatic N) is 1.